The summed E-state index contributed by atoms with van der Waals surface area (Å²) in [5.74, 6) is -0.301. The van der Waals surface area contributed by atoms with Gasteiger partial charge in [-0.1, -0.05) is 25.8 Å². The molecule has 0 radical (unpaired) electrons. The second kappa shape index (κ2) is 5.50. The highest BCUT2D eigenvalue weighted by Crippen LogP contribution is 2.25. The molecule has 1 aromatic carbocycles. The maximum absolute atomic E-state index is 13.4. The topological polar surface area (TPSA) is 29.3 Å². The molecule has 0 spiro atoms. The monoisotopic (exact) mass is 236 g/mol. The second-order valence-corrected chi connectivity index (χ2v) is 4.86. The highest BCUT2D eigenvalue weighted by atomic mass is 19.1. The van der Waals surface area contributed by atoms with Gasteiger partial charge >= 0.3 is 0 Å². The Labute approximate surface area is 103 Å². The molecule has 0 aromatic heterocycles. The van der Waals surface area contributed by atoms with Crippen molar-refractivity contribution in [1.82, 2.24) is 4.90 Å². The van der Waals surface area contributed by atoms with Crippen LogP contribution >= 0.6 is 0 Å². The van der Waals surface area contributed by atoms with Crippen LogP contribution in [0.1, 0.15) is 38.2 Å². The molecule has 1 aromatic rings. The Morgan fingerprint density at radius 2 is 2.06 bits per heavy atom. The Balaban J connectivity index is 2.04. The molecular weight excluding hydrogens is 215 g/mol. The van der Waals surface area contributed by atoms with Crippen molar-refractivity contribution in [3.8, 4) is 0 Å². The van der Waals surface area contributed by atoms with Crippen LogP contribution in [-0.4, -0.2) is 17.5 Å². The van der Waals surface area contributed by atoms with E-state index in [1.54, 1.807) is 12.1 Å². The van der Waals surface area contributed by atoms with Crippen LogP contribution in [0.15, 0.2) is 18.2 Å². The fourth-order valence-corrected chi connectivity index (χ4v) is 2.67. The fraction of sp³-hybridized carbons (Fsp3) is 0.571. The number of hydrogen-bond donors (Lipinski definition) is 1. The van der Waals surface area contributed by atoms with E-state index >= 15 is 0 Å². The van der Waals surface area contributed by atoms with Gasteiger partial charge in [-0.25, -0.2) is 4.39 Å². The molecule has 2 nitrogen and oxygen atoms in total. The highest BCUT2D eigenvalue weighted by molar-refractivity contribution is 5.41. The number of hydrogen-bond acceptors (Lipinski definition) is 2. The van der Waals surface area contributed by atoms with Crippen molar-refractivity contribution < 1.29 is 4.39 Å². The van der Waals surface area contributed by atoms with Gasteiger partial charge in [0.2, 0.25) is 0 Å². The Morgan fingerprint density at radius 1 is 1.35 bits per heavy atom. The van der Waals surface area contributed by atoms with Crippen molar-refractivity contribution in [3.63, 3.8) is 0 Å². The normalized spacial score (nSPS) is 16.9. The molecule has 17 heavy (non-hydrogen) atoms. The number of nitrogens with two attached hydrogens (primary N) is 1. The van der Waals surface area contributed by atoms with Gasteiger partial charge in [-0.3, -0.25) is 4.90 Å². The van der Waals surface area contributed by atoms with Crippen LogP contribution in [0.4, 0.5) is 10.1 Å². The average molecular weight is 236 g/mol. The molecular formula is C14H21FN2. The molecule has 2 rings (SSSR count). The predicted molar refractivity (Wildman–Crippen MR) is 69.2 cm³/mol. The van der Waals surface area contributed by atoms with Gasteiger partial charge in [-0.05, 0) is 37.1 Å². The number of anilines is 1. The Bertz CT molecular complexity index is 372. The van der Waals surface area contributed by atoms with E-state index in [2.05, 4.69) is 11.8 Å². The van der Waals surface area contributed by atoms with Crippen LogP contribution in [0, 0.1) is 5.82 Å². The summed E-state index contributed by atoms with van der Waals surface area (Å²) < 4.78 is 13.4. The van der Waals surface area contributed by atoms with Crippen molar-refractivity contribution in [2.45, 2.75) is 45.2 Å². The molecule has 0 unspecified atom stereocenters. The predicted octanol–water partition coefficient (Wildman–Crippen LogP) is 3.17. The summed E-state index contributed by atoms with van der Waals surface area (Å²) in [4.78, 5) is 2.44. The molecule has 94 valence electrons. The standard InChI is InChI=1S/C14H21FN2/c1-2-17(12-5-3-4-6-12)10-11-7-8-14(16)13(15)9-11/h7-9,12H,2-6,10,16H2,1H3. The molecule has 0 atom stereocenters. The van der Waals surface area contributed by atoms with E-state index in [-0.39, 0.29) is 11.5 Å². The summed E-state index contributed by atoms with van der Waals surface area (Å²) in [5.41, 5.74) is 6.74. The first-order chi connectivity index (χ1) is 8.20. The van der Waals surface area contributed by atoms with Gasteiger partial charge in [0.15, 0.2) is 0 Å². The first-order valence-corrected chi connectivity index (χ1v) is 6.48. The van der Waals surface area contributed by atoms with E-state index in [0.717, 1.165) is 18.7 Å². The molecule has 0 aliphatic heterocycles. The van der Waals surface area contributed by atoms with Crippen molar-refractivity contribution >= 4 is 5.69 Å². The van der Waals surface area contributed by atoms with Gasteiger partial charge in [0.25, 0.3) is 0 Å². The van der Waals surface area contributed by atoms with Crippen molar-refractivity contribution in [2.24, 2.45) is 0 Å². The zero-order chi connectivity index (χ0) is 12.3. The first kappa shape index (κ1) is 12.4. The summed E-state index contributed by atoms with van der Waals surface area (Å²) in [6.07, 6.45) is 5.23. The smallest absolute Gasteiger partial charge is 0.146 e. The van der Waals surface area contributed by atoms with Crippen LogP contribution in [0.3, 0.4) is 0 Å². The molecule has 0 heterocycles. The summed E-state index contributed by atoms with van der Waals surface area (Å²) in [6, 6.07) is 5.83. The molecule has 1 fully saturated rings. The maximum atomic E-state index is 13.4. The zero-order valence-corrected chi connectivity index (χ0v) is 10.5. The van der Waals surface area contributed by atoms with Gasteiger partial charge in [0.05, 0.1) is 5.69 Å². The molecule has 1 aliphatic carbocycles. The van der Waals surface area contributed by atoms with Crippen LogP contribution in [0.2, 0.25) is 0 Å². The summed E-state index contributed by atoms with van der Waals surface area (Å²) in [7, 11) is 0. The van der Waals surface area contributed by atoms with E-state index in [9.17, 15) is 4.39 Å². The van der Waals surface area contributed by atoms with Crippen LogP contribution < -0.4 is 5.73 Å². The molecule has 0 saturated heterocycles. The van der Waals surface area contributed by atoms with Crippen LogP contribution in [0.5, 0.6) is 0 Å². The molecule has 0 amide bonds. The largest absolute Gasteiger partial charge is 0.396 e. The maximum Gasteiger partial charge on any atom is 0.146 e. The lowest BCUT2D eigenvalue weighted by Gasteiger charge is -2.27. The quantitative estimate of drug-likeness (QED) is 0.814. The Hall–Kier alpha value is -1.09. The molecule has 0 bridgehead atoms. The number of nitrogen functional groups attached to an aromatic ring is 1. The minimum atomic E-state index is -0.301. The lowest BCUT2D eigenvalue weighted by Crippen LogP contribution is -2.32. The van der Waals surface area contributed by atoms with Crippen molar-refractivity contribution in [1.29, 1.82) is 0 Å². The van der Waals surface area contributed by atoms with Gasteiger partial charge in [-0.2, -0.15) is 0 Å². The lowest BCUT2D eigenvalue weighted by molar-refractivity contribution is 0.200. The van der Waals surface area contributed by atoms with E-state index in [4.69, 9.17) is 5.73 Å². The van der Waals surface area contributed by atoms with Crippen molar-refractivity contribution in [3.05, 3.63) is 29.6 Å². The minimum Gasteiger partial charge on any atom is -0.396 e. The summed E-state index contributed by atoms with van der Waals surface area (Å²) >= 11 is 0. The third-order valence-electron chi connectivity index (χ3n) is 3.70. The van der Waals surface area contributed by atoms with Crippen LogP contribution in [-0.2, 0) is 6.54 Å². The second-order valence-electron chi connectivity index (χ2n) is 4.86. The highest BCUT2D eigenvalue weighted by Gasteiger charge is 2.21. The first-order valence-electron chi connectivity index (χ1n) is 6.48. The lowest BCUT2D eigenvalue weighted by atomic mass is 10.1. The summed E-state index contributed by atoms with van der Waals surface area (Å²) in [5, 5.41) is 0. The number of benzene rings is 1. The van der Waals surface area contributed by atoms with E-state index < -0.39 is 0 Å². The van der Waals surface area contributed by atoms with Gasteiger partial charge in [0, 0.05) is 12.6 Å². The van der Waals surface area contributed by atoms with E-state index in [1.807, 2.05) is 6.07 Å². The minimum absolute atomic E-state index is 0.234. The molecule has 3 heteroatoms. The van der Waals surface area contributed by atoms with E-state index in [1.165, 1.54) is 25.7 Å². The molecule has 1 saturated carbocycles. The SMILES string of the molecule is CCN(Cc1ccc(N)c(F)c1)C1CCCC1. The van der Waals surface area contributed by atoms with Gasteiger partial charge < -0.3 is 5.73 Å². The van der Waals surface area contributed by atoms with Crippen molar-refractivity contribution in [2.75, 3.05) is 12.3 Å². The third kappa shape index (κ3) is 2.97. The number of nitrogens with zero attached hydrogens (tertiary/aromatic N) is 1. The van der Waals surface area contributed by atoms with Gasteiger partial charge in [0.1, 0.15) is 5.82 Å². The number of halogens is 1. The molecule has 1 aliphatic rings. The Morgan fingerprint density at radius 3 is 2.65 bits per heavy atom. The fourth-order valence-electron chi connectivity index (χ4n) is 2.67. The van der Waals surface area contributed by atoms with Gasteiger partial charge in [-0.15, -0.1) is 0 Å². The molecule has 2 N–H and O–H groups in total. The third-order valence-corrected chi connectivity index (χ3v) is 3.70. The van der Waals surface area contributed by atoms with Crippen LogP contribution in [0.25, 0.3) is 0 Å². The van der Waals surface area contributed by atoms with E-state index in [0.29, 0.717) is 6.04 Å². The average Bonchev–Trinajstić information content (AvgIpc) is 2.84. The summed E-state index contributed by atoms with van der Waals surface area (Å²) in [6.45, 7) is 4.03. The zero-order valence-electron chi connectivity index (χ0n) is 10.5. The Kier molecular flexibility index (Phi) is 4.00. The number of rotatable bonds is 4.